The second-order valence-electron chi connectivity index (χ2n) is 7.40. The van der Waals surface area contributed by atoms with Gasteiger partial charge in [-0.15, -0.1) is 0 Å². The molecule has 0 radical (unpaired) electrons. The molecular weight excluding hydrogens is 438 g/mol. The van der Waals surface area contributed by atoms with Gasteiger partial charge in [-0.2, -0.15) is 0 Å². The third-order valence-electron chi connectivity index (χ3n) is 5.19. The van der Waals surface area contributed by atoms with E-state index in [4.69, 9.17) is 4.74 Å². The molecule has 174 valence electrons. The third-order valence-corrected chi connectivity index (χ3v) is 6.60. The Kier molecular flexibility index (Phi) is 7.95. The Morgan fingerprint density at radius 1 is 0.909 bits per heavy atom. The largest absolute Gasteiger partial charge is 0.497 e. The maximum Gasteiger partial charge on any atom is 0.264 e. The van der Waals surface area contributed by atoms with Gasteiger partial charge in [-0.05, 0) is 61.9 Å². The first-order valence-electron chi connectivity index (χ1n) is 10.8. The van der Waals surface area contributed by atoms with Gasteiger partial charge in [-0.1, -0.05) is 30.3 Å². The molecule has 3 aromatic rings. The van der Waals surface area contributed by atoms with Crippen LogP contribution in [0.15, 0.2) is 77.7 Å². The molecule has 0 aliphatic rings. The van der Waals surface area contributed by atoms with Crippen molar-refractivity contribution >= 4 is 33.0 Å². The Balaban J connectivity index is 1.91. The van der Waals surface area contributed by atoms with Crippen molar-refractivity contribution in [3.05, 3.63) is 78.4 Å². The molecule has 0 heterocycles. The summed E-state index contributed by atoms with van der Waals surface area (Å²) in [5, 5.41) is 2.82. The van der Waals surface area contributed by atoms with Gasteiger partial charge in [0.25, 0.3) is 10.0 Å². The van der Waals surface area contributed by atoms with Crippen LogP contribution in [-0.2, 0) is 21.2 Å². The van der Waals surface area contributed by atoms with Crippen LogP contribution in [-0.4, -0.2) is 34.5 Å². The fourth-order valence-electron chi connectivity index (χ4n) is 3.49. The average Bonchev–Trinajstić information content (AvgIpc) is 2.81. The topological polar surface area (TPSA) is 87.7 Å². The molecule has 0 saturated heterocycles. The van der Waals surface area contributed by atoms with E-state index in [0.717, 1.165) is 5.56 Å². The monoisotopic (exact) mass is 467 g/mol. The summed E-state index contributed by atoms with van der Waals surface area (Å²) in [6, 6.07) is 21.0. The number of nitrogens with one attached hydrogen (secondary N) is 2. The molecule has 2 N–H and O–H groups in total. The molecule has 0 aliphatic carbocycles. The van der Waals surface area contributed by atoms with E-state index in [-0.39, 0.29) is 17.2 Å². The van der Waals surface area contributed by atoms with Crippen LogP contribution < -0.4 is 19.7 Å². The Hall–Kier alpha value is -3.52. The van der Waals surface area contributed by atoms with E-state index in [1.807, 2.05) is 49.1 Å². The Labute approximate surface area is 195 Å². The summed E-state index contributed by atoms with van der Waals surface area (Å²) in [4.78, 5) is 14.6. The molecule has 3 rings (SSSR count). The van der Waals surface area contributed by atoms with E-state index in [0.29, 0.717) is 35.9 Å². The summed E-state index contributed by atoms with van der Waals surface area (Å²) < 4.78 is 34.5. The zero-order valence-corrected chi connectivity index (χ0v) is 19.9. The van der Waals surface area contributed by atoms with Gasteiger partial charge in [-0.3, -0.25) is 9.52 Å². The van der Waals surface area contributed by atoms with Gasteiger partial charge in [0.1, 0.15) is 10.6 Å². The number of amides is 1. The molecule has 7 nitrogen and oxygen atoms in total. The second kappa shape index (κ2) is 10.9. The molecule has 0 atom stereocenters. The third kappa shape index (κ3) is 6.26. The number of sulfonamides is 1. The number of rotatable bonds is 10. The summed E-state index contributed by atoms with van der Waals surface area (Å²) in [7, 11) is -2.38. The smallest absolute Gasteiger partial charge is 0.264 e. The van der Waals surface area contributed by atoms with Crippen molar-refractivity contribution in [1.29, 1.82) is 0 Å². The molecule has 0 aromatic heterocycles. The number of carbonyl (C=O) groups excluding carboxylic acids is 1. The quantitative estimate of drug-likeness (QED) is 0.458. The van der Waals surface area contributed by atoms with Crippen molar-refractivity contribution in [2.75, 3.05) is 35.1 Å². The number of carbonyl (C=O) groups is 1. The molecule has 0 saturated carbocycles. The highest BCUT2D eigenvalue weighted by molar-refractivity contribution is 7.92. The first-order chi connectivity index (χ1) is 15.9. The molecule has 0 unspecified atom stereocenters. The lowest BCUT2D eigenvalue weighted by Gasteiger charge is -2.25. The SMILES string of the molecule is CCN(CC)c1ccc(NC(=O)Cc2ccccc2)cc1S(=O)(=O)Nc1ccc(OC)cc1. The minimum atomic E-state index is -3.93. The highest BCUT2D eigenvalue weighted by atomic mass is 32.2. The first kappa shape index (κ1) is 24.1. The highest BCUT2D eigenvalue weighted by Crippen LogP contribution is 2.30. The van der Waals surface area contributed by atoms with E-state index < -0.39 is 10.0 Å². The number of anilines is 3. The molecule has 8 heteroatoms. The van der Waals surface area contributed by atoms with E-state index >= 15 is 0 Å². The first-order valence-corrected chi connectivity index (χ1v) is 12.2. The predicted molar refractivity (Wildman–Crippen MR) is 133 cm³/mol. The maximum absolute atomic E-state index is 13.4. The number of methoxy groups -OCH3 is 1. The molecule has 0 aliphatic heterocycles. The van der Waals surface area contributed by atoms with Crippen LogP contribution in [0.3, 0.4) is 0 Å². The van der Waals surface area contributed by atoms with E-state index in [9.17, 15) is 13.2 Å². The van der Waals surface area contributed by atoms with Gasteiger partial charge in [0.2, 0.25) is 5.91 Å². The molecule has 33 heavy (non-hydrogen) atoms. The number of ether oxygens (including phenoxy) is 1. The van der Waals surface area contributed by atoms with Gasteiger partial charge < -0.3 is 15.0 Å². The van der Waals surface area contributed by atoms with E-state index in [1.54, 1.807) is 43.5 Å². The lowest BCUT2D eigenvalue weighted by atomic mass is 10.1. The van der Waals surface area contributed by atoms with Gasteiger partial charge in [-0.25, -0.2) is 8.42 Å². The number of hydrogen-bond donors (Lipinski definition) is 2. The van der Waals surface area contributed by atoms with E-state index in [1.165, 1.54) is 6.07 Å². The maximum atomic E-state index is 13.4. The lowest BCUT2D eigenvalue weighted by Crippen LogP contribution is -2.26. The zero-order chi connectivity index (χ0) is 23.8. The van der Waals surface area contributed by atoms with Gasteiger partial charge in [0.05, 0.1) is 19.2 Å². The Bertz CT molecular complexity index is 1180. The van der Waals surface area contributed by atoms with Crippen molar-refractivity contribution in [1.82, 2.24) is 0 Å². The fraction of sp³-hybridized carbons (Fsp3) is 0.240. The molecule has 1 amide bonds. The van der Waals surface area contributed by atoms with Crippen LogP contribution in [0, 0.1) is 0 Å². The van der Waals surface area contributed by atoms with Crippen molar-refractivity contribution in [3.63, 3.8) is 0 Å². The van der Waals surface area contributed by atoms with Crippen LogP contribution in [0.1, 0.15) is 19.4 Å². The minimum absolute atomic E-state index is 0.0968. The van der Waals surface area contributed by atoms with Crippen LogP contribution in [0.2, 0.25) is 0 Å². The molecule has 0 fully saturated rings. The number of nitrogens with zero attached hydrogens (tertiary/aromatic N) is 1. The summed E-state index contributed by atoms with van der Waals surface area (Å²) in [6.07, 6.45) is 0.199. The lowest BCUT2D eigenvalue weighted by molar-refractivity contribution is -0.115. The van der Waals surface area contributed by atoms with Crippen LogP contribution >= 0.6 is 0 Å². The zero-order valence-electron chi connectivity index (χ0n) is 19.0. The summed E-state index contributed by atoms with van der Waals surface area (Å²) >= 11 is 0. The van der Waals surface area contributed by atoms with Gasteiger partial charge in [0, 0.05) is 24.5 Å². The molecule has 0 spiro atoms. The summed E-state index contributed by atoms with van der Waals surface area (Å²) in [5.41, 5.74) is 2.28. The summed E-state index contributed by atoms with van der Waals surface area (Å²) in [6.45, 7) is 5.21. The van der Waals surface area contributed by atoms with E-state index in [2.05, 4.69) is 10.0 Å². The molecule has 0 bridgehead atoms. The van der Waals surface area contributed by atoms with Crippen LogP contribution in [0.4, 0.5) is 17.1 Å². The number of hydrogen-bond acceptors (Lipinski definition) is 5. The minimum Gasteiger partial charge on any atom is -0.497 e. The van der Waals surface area contributed by atoms with Gasteiger partial charge in [0.15, 0.2) is 0 Å². The number of benzene rings is 3. The van der Waals surface area contributed by atoms with Crippen molar-refractivity contribution in [3.8, 4) is 5.75 Å². The molecular formula is C25H29N3O4S. The second-order valence-corrected chi connectivity index (χ2v) is 9.05. The summed E-state index contributed by atoms with van der Waals surface area (Å²) in [5.74, 6) is 0.410. The Morgan fingerprint density at radius 2 is 1.55 bits per heavy atom. The van der Waals surface area contributed by atoms with Crippen LogP contribution in [0.25, 0.3) is 0 Å². The highest BCUT2D eigenvalue weighted by Gasteiger charge is 2.22. The van der Waals surface area contributed by atoms with Crippen molar-refractivity contribution in [2.24, 2.45) is 0 Å². The predicted octanol–water partition coefficient (Wildman–Crippen LogP) is 4.52. The molecule has 3 aromatic carbocycles. The normalized spacial score (nSPS) is 11.0. The standard InChI is InChI=1S/C25H29N3O4S/c1-4-28(5-2)23-16-13-21(26-25(29)17-19-9-7-6-8-10-19)18-24(23)33(30,31)27-20-11-14-22(32-3)15-12-20/h6-16,18,27H,4-5,17H2,1-3H3,(H,26,29). The van der Waals surface area contributed by atoms with Gasteiger partial charge >= 0.3 is 0 Å². The van der Waals surface area contributed by atoms with Crippen molar-refractivity contribution < 1.29 is 17.9 Å². The van der Waals surface area contributed by atoms with Crippen molar-refractivity contribution in [2.45, 2.75) is 25.2 Å². The Morgan fingerprint density at radius 3 is 2.15 bits per heavy atom. The van der Waals surface area contributed by atoms with Crippen LogP contribution in [0.5, 0.6) is 5.75 Å². The average molecular weight is 468 g/mol. The fourth-order valence-corrected chi connectivity index (χ4v) is 4.80.